The largest absolute Gasteiger partial charge is 0.477 e. The average Bonchev–Trinajstić information content (AvgIpc) is 2.72. The Hall–Kier alpha value is -3.76. The zero-order valence-electron chi connectivity index (χ0n) is 16.9. The predicted molar refractivity (Wildman–Crippen MR) is 116 cm³/mol. The number of aryl methyl sites for hydroxylation is 1. The van der Waals surface area contributed by atoms with Crippen molar-refractivity contribution in [2.45, 2.75) is 19.8 Å². The van der Waals surface area contributed by atoms with Crippen LogP contribution < -0.4 is 22.3 Å². The van der Waals surface area contributed by atoms with Crippen molar-refractivity contribution in [3.05, 3.63) is 74.1 Å². The molecule has 0 fully saturated rings. The molecule has 3 rings (SSSR count). The molecule has 0 saturated carbocycles. The van der Waals surface area contributed by atoms with Gasteiger partial charge in [-0.15, -0.1) is 0 Å². The molecule has 0 unspecified atom stereocenters. The van der Waals surface area contributed by atoms with Gasteiger partial charge in [-0.2, -0.15) is 0 Å². The first-order valence-corrected chi connectivity index (χ1v) is 9.45. The third-order valence-corrected chi connectivity index (χ3v) is 4.31. The molecule has 3 aromatic rings. The molecule has 0 aliphatic heterocycles. The fraction of sp³-hybridized carbons (Fsp3) is 0.238. The van der Waals surface area contributed by atoms with E-state index in [1.54, 1.807) is 6.07 Å². The average molecular weight is 428 g/mol. The molecule has 7 N–H and O–H groups in total. The van der Waals surface area contributed by atoms with Gasteiger partial charge in [-0.3, -0.25) is 14.6 Å². The maximum Gasteiger partial charge on any atom is 0.352 e. The maximum absolute atomic E-state index is 12.0. The summed E-state index contributed by atoms with van der Waals surface area (Å²) in [6.45, 7) is 1.90. The molecule has 0 atom stereocenters. The summed E-state index contributed by atoms with van der Waals surface area (Å²) in [5.41, 5.74) is 4.36. The van der Waals surface area contributed by atoms with E-state index in [2.05, 4.69) is 15.3 Å². The van der Waals surface area contributed by atoms with Crippen LogP contribution in [0.2, 0.25) is 0 Å². The number of rotatable bonds is 6. The number of carbonyl (C=O) groups excluding carboxylic acids is 1. The van der Waals surface area contributed by atoms with Gasteiger partial charge < -0.3 is 26.2 Å². The van der Waals surface area contributed by atoms with E-state index in [0.29, 0.717) is 18.7 Å². The van der Waals surface area contributed by atoms with Crippen molar-refractivity contribution in [3.63, 3.8) is 0 Å². The third-order valence-electron chi connectivity index (χ3n) is 4.31. The molecule has 1 aromatic heterocycles. The maximum atomic E-state index is 12.0. The molecule has 1 heterocycles. The SMILES string of the molecule is CC(=O)Nc1cccc2ccc(CCc3c(C(=O)O)[nH]c(=O)[nH]c3=O)cc12.NCCO. The molecule has 0 aliphatic rings. The van der Waals surface area contributed by atoms with Crippen LogP contribution in [0.25, 0.3) is 10.8 Å². The predicted octanol–water partition coefficient (Wildman–Crippen LogP) is 0.596. The number of aromatic amines is 2. The van der Waals surface area contributed by atoms with E-state index in [1.807, 2.05) is 30.3 Å². The van der Waals surface area contributed by atoms with Gasteiger partial charge >= 0.3 is 11.7 Å². The van der Waals surface area contributed by atoms with Crippen molar-refractivity contribution < 1.29 is 19.8 Å². The van der Waals surface area contributed by atoms with Crippen molar-refractivity contribution in [3.8, 4) is 0 Å². The molecular weight excluding hydrogens is 404 g/mol. The second-order valence-corrected chi connectivity index (χ2v) is 6.62. The van der Waals surface area contributed by atoms with Crippen LogP contribution in [0.3, 0.4) is 0 Å². The van der Waals surface area contributed by atoms with Crippen LogP contribution >= 0.6 is 0 Å². The van der Waals surface area contributed by atoms with Gasteiger partial charge in [0.05, 0.1) is 6.61 Å². The van der Waals surface area contributed by atoms with E-state index in [-0.39, 0.29) is 24.5 Å². The van der Waals surface area contributed by atoms with Gasteiger partial charge in [0.15, 0.2) is 0 Å². The third kappa shape index (κ3) is 6.36. The standard InChI is InChI=1S/C19H17N3O5.C2H7NO/c1-10(23)20-15-4-2-3-12-7-5-11(9-14(12)15)6-8-13-16(18(25)26)21-19(27)22-17(13)24;3-1-2-4/h2-5,7,9H,6,8H2,1H3,(H,20,23)(H,25,26)(H2,21,22,24,27);4H,1-3H2. The number of aliphatic hydroxyl groups excluding tert-OH is 1. The topological polar surface area (TPSA) is 178 Å². The number of hydrogen-bond acceptors (Lipinski definition) is 6. The Morgan fingerprint density at radius 1 is 1.10 bits per heavy atom. The number of hydrogen-bond donors (Lipinski definition) is 6. The highest BCUT2D eigenvalue weighted by atomic mass is 16.4. The summed E-state index contributed by atoms with van der Waals surface area (Å²) in [5, 5.41) is 21.5. The Kier molecular flexibility index (Phi) is 8.24. The lowest BCUT2D eigenvalue weighted by atomic mass is 10.00. The summed E-state index contributed by atoms with van der Waals surface area (Å²) in [4.78, 5) is 50.2. The van der Waals surface area contributed by atoms with E-state index in [4.69, 9.17) is 10.8 Å². The number of aromatic carboxylic acids is 1. The minimum Gasteiger partial charge on any atom is -0.477 e. The normalized spacial score (nSPS) is 10.3. The summed E-state index contributed by atoms with van der Waals surface area (Å²) in [6, 6.07) is 11.2. The van der Waals surface area contributed by atoms with Gasteiger partial charge in [0.2, 0.25) is 5.91 Å². The number of H-pyrrole nitrogens is 2. The van der Waals surface area contributed by atoms with Crippen molar-refractivity contribution in [1.82, 2.24) is 9.97 Å². The summed E-state index contributed by atoms with van der Waals surface area (Å²) < 4.78 is 0. The Bertz CT molecular complexity index is 1200. The Labute approximate surface area is 176 Å². The van der Waals surface area contributed by atoms with Crippen LogP contribution in [0.15, 0.2) is 46.0 Å². The molecule has 31 heavy (non-hydrogen) atoms. The van der Waals surface area contributed by atoms with E-state index < -0.39 is 22.9 Å². The molecule has 0 saturated heterocycles. The van der Waals surface area contributed by atoms with Crippen LogP contribution in [0.1, 0.15) is 28.5 Å². The molecule has 0 spiro atoms. The van der Waals surface area contributed by atoms with Gasteiger partial charge in [0.1, 0.15) is 5.69 Å². The number of carbonyl (C=O) groups is 2. The van der Waals surface area contributed by atoms with Crippen molar-refractivity contribution >= 4 is 28.3 Å². The first kappa shape index (κ1) is 23.5. The highest BCUT2D eigenvalue weighted by Crippen LogP contribution is 2.25. The number of anilines is 1. The number of carboxylic acid groups (broad SMARTS) is 1. The molecule has 0 radical (unpaired) electrons. The molecule has 0 aliphatic carbocycles. The zero-order valence-corrected chi connectivity index (χ0v) is 16.9. The Balaban J connectivity index is 0.000000785. The van der Waals surface area contributed by atoms with E-state index >= 15 is 0 Å². The monoisotopic (exact) mass is 428 g/mol. The minimum absolute atomic E-state index is 0.0114. The highest BCUT2D eigenvalue weighted by Gasteiger charge is 2.15. The quantitative estimate of drug-likeness (QED) is 0.332. The Morgan fingerprint density at radius 3 is 2.42 bits per heavy atom. The summed E-state index contributed by atoms with van der Waals surface area (Å²) in [7, 11) is 0. The zero-order chi connectivity index (χ0) is 23.0. The molecule has 10 nitrogen and oxygen atoms in total. The fourth-order valence-corrected chi connectivity index (χ4v) is 2.98. The molecule has 2 aromatic carbocycles. The van der Waals surface area contributed by atoms with Gasteiger partial charge in [-0.05, 0) is 35.9 Å². The molecular formula is C21H24N4O6. The van der Waals surface area contributed by atoms with Crippen LogP contribution in [0.5, 0.6) is 0 Å². The lowest BCUT2D eigenvalue weighted by Gasteiger charge is -2.10. The number of nitrogens with one attached hydrogen (secondary N) is 3. The molecule has 10 heteroatoms. The Morgan fingerprint density at radius 2 is 1.81 bits per heavy atom. The molecule has 0 bridgehead atoms. The smallest absolute Gasteiger partial charge is 0.352 e. The van der Waals surface area contributed by atoms with Crippen LogP contribution in [-0.2, 0) is 17.6 Å². The number of carboxylic acids is 1. The van der Waals surface area contributed by atoms with E-state index in [0.717, 1.165) is 16.3 Å². The lowest BCUT2D eigenvalue weighted by Crippen LogP contribution is -2.30. The van der Waals surface area contributed by atoms with Crippen LogP contribution in [0.4, 0.5) is 5.69 Å². The van der Waals surface area contributed by atoms with Gasteiger partial charge in [0.25, 0.3) is 5.56 Å². The number of fused-ring (bicyclic) bond motifs is 1. The fourth-order valence-electron chi connectivity index (χ4n) is 2.98. The van der Waals surface area contributed by atoms with Crippen molar-refractivity contribution in [2.24, 2.45) is 5.73 Å². The molecule has 1 amide bonds. The lowest BCUT2D eigenvalue weighted by molar-refractivity contribution is -0.114. The van der Waals surface area contributed by atoms with E-state index in [1.165, 1.54) is 6.92 Å². The van der Waals surface area contributed by atoms with Gasteiger partial charge in [0, 0.05) is 30.1 Å². The second-order valence-electron chi connectivity index (χ2n) is 6.62. The highest BCUT2D eigenvalue weighted by molar-refractivity contribution is 6.01. The summed E-state index contributed by atoms with van der Waals surface area (Å²) in [5.74, 6) is -1.54. The van der Waals surface area contributed by atoms with Crippen LogP contribution in [-0.4, -0.2) is 45.2 Å². The number of aliphatic hydroxyl groups is 1. The number of benzene rings is 2. The number of nitrogens with two attached hydrogens (primary N) is 1. The molecule has 164 valence electrons. The van der Waals surface area contributed by atoms with Crippen molar-refractivity contribution in [1.29, 1.82) is 0 Å². The first-order chi connectivity index (χ1) is 14.8. The minimum atomic E-state index is -1.36. The summed E-state index contributed by atoms with van der Waals surface area (Å²) in [6.07, 6.45) is 0.529. The van der Waals surface area contributed by atoms with Gasteiger partial charge in [-0.25, -0.2) is 9.59 Å². The van der Waals surface area contributed by atoms with Gasteiger partial charge in [-0.1, -0.05) is 24.3 Å². The summed E-state index contributed by atoms with van der Waals surface area (Å²) >= 11 is 0. The first-order valence-electron chi connectivity index (χ1n) is 9.45. The van der Waals surface area contributed by atoms with Crippen LogP contribution in [0, 0.1) is 0 Å². The second kappa shape index (κ2) is 10.9. The van der Waals surface area contributed by atoms with Crippen molar-refractivity contribution in [2.75, 3.05) is 18.5 Å². The number of amides is 1. The van der Waals surface area contributed by atoms with E-state index in [9.17, 15) is 24.3 Å². The number of aromatic nitrogens is 2.